The van der Waals surface area contributed by atoms with Gasteiger partial charge in [0.05, 0.1) is 18.2 Å². The van der Waals surface area contributed by atoms with Crippen LogP contribution in [0.4, 0.5) is 0 Å². The Balaban J connectivity index is 1.10. The first-order valence-electron chi connectivity index (χ1n) is 28.7. The molecule has 4 saturated heterocycles. The molecule has 5 aliphatic heterocycles. The van der Waals surface area contributed by atoms with Crippen molar-refractivity contribution in [2.24, 2.45) is 0 Å². The average molecular weight is 1380 g/mol. The van der Waals surface area contributed by atoms with Crippen molar-refractivity contribution in [2.45, 2.75) is 129 Å². The standard InChI is InChI=1S/C60H62O37/c61-17-34-42(74)47(79)54(95-39(71)8-4-21-2-6-26(63)29(66)10-21)60(92-34)97-55-48(80)44(76)36(19-87-40(72)16-37(68)69)94-59(55)91-33-15-24-27(64)13-23(88-57-50(82)45(77)43(75)35(93-57)18-86-38(70)7-3-20-1-5-25(62)28(65)9-20)14-31(24)89-52(33)22-11-30(67)41(73)32(12-22)90-58-51(83)46(78)49(81)53(96-58)56(84)85/h1-15,34-36,42-51,53-55,57-63,65-67,73-83H,16-19H2,(H,68,69)(H,84,85)/p+1/t34-,35-,36-,42-,43-,44+,45+,46+,47+,48+,49+,50-,51-,53+,54-,55-,57-,58-,59-,60+/m1/s1. The quantitative estimate of drug-likeness (QED) is 0.00777. The second-order valence-electron chi connectivity index (χ2n) is 22.0. The molecular formula is C60H63O37+. The second-order valence-corrected chi connectivity index (χ2v) is 22.0. The number of carboxylic acids is 2. The Morgan fingerprint density at radius 1 is 0.526 bits per heavy atom. The van der Waals surface area contributed by atoms with Crippen molar-refractivity contribution in [1.82, 2.24) is 0 Å². The van der Waals surface area contributed by atoms with Crippen molar-refractivity contribution in [2.75, 3.05) is 19.8 Å². The van der Waals surface area contributed by atoms with Crippen LogP contribution in [0.3, 0.4) is 0 Å². The molecule has 3 aromatic carbocycles. The number of aliphatic carboxylic acids is 2. The molecule has 20 N–H and O–H groups in total. The summed E-state index contributed by atoms with van der Waals surface area (Å²) in [4.78, 5) is 74.1. The molecule has 97 heavy (non-hydrogen) atoms. The first-order chi connectivity index (χ1) is 45.9. The van der Waals surface area contributed by atoms with Gasteiger partial charge in [0.15, 0.2) is 82.1 Å². The minimum atomic E-state index is -2.42. The zero-order valence-corrected chi connectivity index (χ0v) is 49.4. The minimum Gasteiger partial charge on any atom is -0.504 e. The van der Waals surface area contributed by atoms with Gasteiger partial charge in [0.2, 0.25) is 31.2 Å². The van der Waals surface area contributed by atoms with Gasteiger partial charge < -0.3 is 158 Å². The van der Waals surface area contributed by atoms with E-state index in [2.05, 4.69) is 0 Å². The summed E-state index contributed by atoms with van der Waals surface area (Å²) in [6.07, 6.45) is -40.2. The third kappa shape index (κ3) is 16.3. The number of benzene rings is 4. The highest BCUT2D eigenvalue weighted by Gasteiger charge is 2.54. The zero-order valence-electron chi connectivity index (χ0n) is 49.4. The van der Waals surface area contributed by atoms with E-state index in [1.54, 1.807) is 0 Å². The number of aliphatic hydroxyl groups excluding tert-OH is 11. The summed E-state index contributed by atoms with van der Waals surface area (Å²) in [5, 5.41) is 201. The van der Waals surface area contributed by atoms with Crippen LogP contribution in [0, 0.1) is 0 Å². The molecule has 0 bridgehead atoms. The summed E-state index contributed by atoms with van der Waals surface area (Å²) in [7, 11) is 0. The molecule has 1 aliphatic carbocycles. The van der Waals surface area contributed by atoms with E-state index in [0.717, 1.165) is 66.8 Å². The van der Waals surface area contributed by atoms with E-state index in [1.165, 1.54) is 18.2 Å². The lowest BCUT2D eigenvalue weighted by Gasteiger charge is -2.46. The molecule has 0 unspecified atom stereocenters. The van der Waals surface area contributed by atoms with Crippen LogP contribution in [0.5, 0.6) is 51.7 Å². The van der Waals surface area contributed by atoms with Crippen LogP contribution in [0.2, 0.25) is 0 Å². The summed E-state index contributed by atoms with van der Waals surface area (Å²) in [6, 6.07) is 11.1. The van der Waals surface area contributed by atoms with Crippen molar-refractivity contribution < 1.29 is 178 Å². The molecular weight excluding hydrogens is 1310 g/mol. The maximum atomic E-state index is 14.3. The molecule has 524 valence electrons. The normalized spacial score (nSPS) is 30.5. The zero-order chi connectivity index (χ0) is 70.6. The number of carbonyl (C=O) groups excluding carboxylic acids is 3. The van der Waals surface area contributed by atoms with Crippen LogP contribution in [0.1, 0.15) is 17.5 Å². The third-order valence-electron chi connectivity index (χ3n) is 15.3. The number of hydrogen-bond donors (Lipinski definition) is 19. The van der Waals surface area contributed by atoms with Gasteiger partial charge in [-0.05, 0) is 65.7 Å². The summed E-state index contributed by atoms with van der Waals surface area (Å²) < 4.78 is 68.3. The first-order valence-corrected chi connectivity index (χ1v) is 28.7. The number of phenolic OH excluding ortho intramolecular Hbond substituents is 6. The van der Waals surface area contributed by atoms with Crippen molar-refractivity contribution >= 4 is 42.0 Å². The Hall–Kier alpha value is -9.52. The number of carbonyl (C=O) groups is 4. The van der Waals surface area contributed by atoms with Gasteiger partial charge in [0.25, 0.3) is 0 Å². The largest absolute Gasteiger partial charge is 0.510 e. The number of esters is 3. The molecule has 4 fully saturated rings. The molecule has 0 amide bonds. The summed E-state index contributed by atoms with van der Waals surface area (Å²) >= 11 is 0. The molecule has 3 aromatic rings. The molecule has 20 atom stereocenters. The average Bonchev–Trinajstić information content (AvgIpc) is 0.766. The number of phenols is 6. The highest BCUT2D eigenvalue weighted by Crippen LogP contribution is 2.47. The van der Waals surface area contributed by atoms with Crippen LogP contribution < -0.4 is 19.6 Å². The number of ether oxygens (including phenoxy) is 11. The minimum absolute atomic E-state index is 0.115. The Morgan fingerprint density at radius 3 is 1.70 bits per heavy atom. The fourth-order valence-electron chi connectivity index (χ4n) is 10.1. The van der Waals surface area contributed by atoms with Crippen LogP contribution in [-0.4, -0.2) is 274 Å². The molecule has 9 rings (SSSR count). The summed E-state index contributed by atoms with van der Waals surface area (Å²) in [6.45, 7) is -2.92. The van der Waals surface area contributed by atoms with Crippen LogP contribution in [0.25, 0.3) is 34.8 Å². The fraction of sp³-hybridized carbons (Fsp3) is 0.400. The lowest BCUT2D eigenvalue weighted by molar-refractivity contribution is -0.358. The number of aliphatic hydroxyl groups is 11. The molecule has 0 saturated carbocycles. The monoisotopic (exact) mass is 1380 g/mol. The third-order valence-corrected chi connectivity index (χ3v) is 15.3. The highest BCUT2D eigenvalue weighted by atomic mass is 16.8. The summed E-state index contributed by atoms with van der Waals surface area (Å²) in [5.74, 6) is -15.1. The maximum absolute atomic E-state index is 14.3. The smallest absolute Gasteiger partial charge is 0.504 e. The highest BCUT2D eigenvalue weighted by molar-refractivity contribution is 5.90. The van der Waals surface area contributed by atoms with E-state index in [-0.39, 0.29) is 11.1 Å². The van der Waals surface area contributed by atoms with Crippen LogP contribution in [0.15, 0.2) is 88.1 Å². The van der Waals surface area contributed by atoms with E-state index >= 15 is 0 Å². The number of hydrogen-bond acceptors (Lipinski definition) is 34. The maximum Gasteiger partial charge on any atom is 0.510 e. The second kappa shape index (κ2) is 30.3. The van der Waals surface area contributed by atoms with Crippen LogP contribution >= 0.6 is 0 Å². The lowest BCUT2D eigenvalue weighted by Crippen LogP contribution is -2.65. The van der Waals surface area contributed by atoms with Gasteiger partial charge in [-0.1, -0.05) is 12.1 Å². The van der Waals surface area contributed by atoms with Gasteiger partial charge >= 0.3 is 29.8 Å². The SMILES string of the molecule is O=C(O)CC(=O)OC[C@H]1O[C@@H](Oc2cc3c(=O)cc(O[C@@H]4O[C@H](COC(=[OH+])C=Cc5ccc(O)c(O)c5)[C@@H](O)[C@H](O)[C@H]4O)cc-3oc2-c2cc(O)c(O)c(O[C@@H]3O[C@H](C(=O)O)[C@@H](O)[C@H](O)[C@H]3O)c2)[C@H](O[C@@H]2O[C@H](CO)[C@@H](O)[C@H](O)[C@H]2OC(=O)C=Cc2ccc(O)c(O)c2)[C@@H](O)[C@H]1O. The topological polar surface area (TPSA) is 606 Å². The molecule has 37 nitrogen and oxygen atoms in total. The van der Waals surface area contributed by atoms with E-state index in [9.17, 15) is 126 Å². The predicted octanol–water partition coefficient (Wildman–Crippen LogP) is -4.37. The number of rotatable bonds is 22. The van der Waals surface area contributed by atoms with Crippen LogP contribution in [-0.2, 0) is 57.1 Å². The molecule has 6 aliphatic rings. The Morgan fingerprint density at radius 2 is 1.08 bits per heavy atom. The number of fused-ring (bicyclic) bond motifs is 1. The van der Waals surface area contributed by atoms with Gasteiger partial charge in [-0.25, -0.2) is 9.59 Å². The van der Waals surface area contributed by atoms with Crippen molar-refractivity contribution in [3.63, 3.8) is 0 Å². The summed E-state index contributed by atoms with van der Waals surface area (Å²) in [5.41, 5.74) is -1.77. The van der Waals surface area contributed by atoms with Gasteiger partial charge in [0, 0.05) is 23.8 Å². The van der Waals surface area contributed by atoms with Crippen molar-refractivity contribution in [3.8, 4) is 74.4 Å². The van der Waals surface area contributed by atoms with Gasteiger partial charge in [-0.3, -0.25) is 14.4 Å². The van der Waals surface area contributed by atoms with E-state index in [0.29, 0.717) is 6.07 Å². The fourth-order valence-corrected chi connectivity index (χ4v) is 10.1. The van der Waals surface area contributed by atoms with E-state index in [1.807, 2.05) is 0 Å². The molecule has 5 heterocycles. The Bertz CT molecular complexity index is 3780. The van der Waals surface area contributed by atoms with E-state index < -0.39 is 259 Å². The van der Waals surface area contributed by atoms with E-state index in [4.69, 9.17) is 56.5 Å². The van der Waals surface area contributed by atoms with Gasteiger partial charge in [-0.2, -0.15) is 0 Å². The van der Waals surface area contributed by atoms with Crippen molar-refractivity contribution in [3.05, 3.63) is 100 Å². The number of aromatic hydroxyl groups is 6. The van der Waals surface area contributed by atoms with Gasteiger partial charge in [0.1, 0.15) is 97.8 Å². The van der Waals surface area contributed by atoms with Crippen molar-refractivity contribution in [1.29, 1.82) is 0 Å². The van der Waals surface area contributed by atoms with Gasteiger partial charge in [-0.15, -0.1) is 0 Å². The lowest BCUT2D eigenvalue weighted by atomic mass is 9.97. The Labute approximate surface area is 541 Å². The first kappa shape index (κ1) is 71.8. The molecule has 37 heteroatoms. The molecule has 0 aromatic heterocycles. The Kier molecular flexibility index (Phi) is 22.4. The molecule has 0 radical (unpaired) electrons. The molecule has 0 spiro atoms. The number of carboxylic acid groups (broad SMARTS) is 2. The predicted molar refractivity (Wildman–Crippen MR) is 310 cm³/mol.